The predicted molar refractivity (Wildman–Crippen MR) is 281 cm³/mol. The zero-order valence-electron chi connectivity index (χ0n) is 35.9. The molecule has 0 radical (unpaired) electrons. The van der Waals surface area contributed by atoms with E-state index in [9.17, 15) is 0 Å². The zero-order chi connectivity index (χ0) is 43.3. The standard InChI is InChI=1S/C64H39NO/c1-2-11-40(12-3-1)41-25-27-42(28-26-41)43-31-35-48(36-32-43)65(49-37-33-44(34-38-49)50-17-9-22-56-51-16-4-5-24-59(51)66-64(50)56)58-39-47-15-8-20-53-52-18-6-13-45-29-30-46-14-7-19-54(61(46)60(45)52)55-21-10-23-57(58)63(55)62(47)53/h1-39H. The van der Waals surface area contributed by atoms with Gasteiger partial charge in [0.05, 0.1) is 5.69 Å². The SMILES string of the molecule is c1ccc(-c2ccc(-c3ccc(N(c4ccc(-c5cccc6c5oc5ccccc56)cc4)c4cc5cccc6c7cccc8ccc9cccc(c%10cccc4c%10c56)c9c87)cc3)cc2)cc1. The van der Waals surface area contributed by atoms with E-state index in [0.29, 0.717) is 0 Å². The first-order valence-electron chi connectivity index (χ1n) is 22.7. The molecule has 14 rings (SSSR count). The van der Waals surface area contributed by atoms with Crippen molar-refractivity contribution in [2.24, 2.45) is 0 Å². The highest BCUT2D eigenvalue weighted by Gasteiger charge is 2.22. The number of hydrogen-bond acceptors (Lipinski definition) is 2. The van der Waals surface area contributed by atoms with Crippen molar-refractivity contribution in [2.75, 3.05) is 4.90 Å². The Morgan fingerprint density at radius 2 is 0.712 bits per heavy atom. The molecule has 0 aliphatic rings. The summed E-state index contributed by atoms with van der Waals surface area (Å²) in [6.07, 6.45) is 0. The van der Waals surface area contributed by atoms with Gasteiger partial charge in [0, 0.05) is 38.5 Å². The first-order chi connectivity index (χ1) is 32.7. The molecule has 0 amide bonds. The van der Waals surface area contributed by atoms with Crippen LogP contribution in [0.25, 0.3) is 120 Å². The van der Waals surface area contributed by atoms with Crippen molar-refractivity contribution in [1.29, 1.82) is 0 Å². The van der Waals surface area contributed by atoms with Crippen molar-refractivity contribution in [3.8, 4) is 33.4 Å². The van der Waals surface area contributed by atoms with Gasteiger partial charge in [0.25, 0.3) is 0 Å². The van der Waals surface area contributed by atoms with Gasteiger partial charge in [-0.1, -0.05) is 200 Å². The smallest absolute Gasteiger partial charge is 0.143 e. The van der Waals surface area contributed by atoms with E-state index in [1.807, 2.05) is 6.07 Å². The molecule has 0 bridgehead atoms. The average molecular weight is 838 g/mol. The number of para-hydroxylation sites is 2. The van der Waals surface area contributed by atoms with Crippen LogP contribution in [0.15, 0.2) is 241 Å². The van der Waals surface area contributed by atoms with E-state index in [-0.39, 0.29) is 0 Å². The minimum atomic E-state index is 0.903. The molecule has 0 aliphatic heterocycles. The maximum Gasteiger partial charge on any atom is 0.143 e. The molecule has 1 heterocycles. The lowest BCUT2D eigenvalue weighted by Gasteiger charge is -2.28. The van der Waals surface area contributed by atoms with Gasteiger partial charge >= 0.3 is 0 Å². The third kappa shape index (κ3) is 5.55. The van der Waals surface area contributed by atoms with E-state index in [2.05, 4.69) is 235 Å². The van der Waals surface area contributed by atoms with Crippen molar-refractivity contribution >= 4 is 104 Å². The van der Waals surface area contributed by atoms with Crippen molar-refractivity contribution in [1.82, 2.24) is 0 Å². The van der Waals surface area contributed by atoms with Gasteiger partial charge in [-0.15, -0.1) is 0 Å². The van der Waals surface area contributed by atoms with E-state index in [4.69, 9.17) is 4.42 Å². The summed E-state index contributed by atoms with van der Waals surface area (Å²) >= 11 is 0. The maximum atomic E-state index is 6.52. The van der Waals surface area contributed by atoms with Crippen LogP contribution in [0.2, 0.25) is 0 Å². The van der Waals surface area contributed by atoms with Gasteiger partial charge in [0.2, 0.25) is 0 Å². The Bertz CT molecular complexity index is 4180. The number of furan rings is 1. The number of nitrogens with zero attached hydrogens (tertiary/aromatic N) is 1. The van der Waals surface area contributed by atoms with Gasteiger partial charge in [0.15, 0.2) is 0 Å². The zero-order valence-corrected chi connectivity index (χ0v) is 35.9. The first-order valence-corrected chi connectivity index (χ1v) is 22.7. The van der Waals surface area contributed by atoms with Crippen LogP contribution in [0.1, 0.15) is 0 Å². The molecule has 0 saturated carbocycles. The molecule has 0 N–H and O–H groups in total. The van der Waals surface area contributed by atoms with Gasteiger partial charge in [-0.05, 0) is 118 Å². The lowest BCUT2D eigenvalue weighted by atomic mass is 9.87. The summed E-state index contributed by atoms with van der Waals surface area (Å²) in [5.41, 5.74) is 12.1. The number of benzene rings is 12. The molecule has 0 saturated heterocycles. The van der Waals surface area contributed by atoms with E-state index in [1.54, 1.807) is 0 Å². The molecule has 306 valence electrons. The number of rotatable bonds is 6. The van der Waals surface area contributed by atoms with Crippen LogP contribution in [0.4, 0.5) is 17.1 Å². The van der Waals surface area contributed by atoms with Crippen LogP contribution in [-0.4, -0.2) is 0 Å². The Balaban J connectivity index is 0.998. The summed E-state index contributed by atoms with van der Waals surface area (Å²) in [6.45, 7) is 0. The van der Waals surface area contributed by atoms with Crippen LogP contribution < -0.4 is 4.90 Å². The van der Waals surface area contributed by atoms with Gasteiger partial charge in [-0.2, -0.15) is 0 Å². The van der Waals surface area contributed by atoms with Crippen molar-refractivity contribution in [3.05, 3.63) is 237 Å². The van der Waals surface area contributed by atoms with E-state index in [1.165, 1.54) is 86.9 Å². The molecular formula is C64H39NO. The molecule has 66 heavy (non-hydrogen) atoms. The molecular weight excluding hydrogens is 799 g/mol. The fraction of sp³-hybridized carbons (Fsp3) is 0. The Kier molecular flexibility index (Phi) is 8.02. The van der Waals surface area contributed by atoms with E-state index < -0.39 is 0 Å². The second kappa shape index (κ2) is 14.4. The predicted octanol–water partition coefficient (Wildman–Crippen LogP) is 18.4. The monoisotopic (exact) mass is 837 g/mol. The fourth-order valence-corrected chi connectivity index (χ4v) is 10.9. The van der Waals surface area contributed by atoms with Crippen molar-refractivity contribution in [2.45, 2.75) is 0 Å². The normalized spacial score (nSPS) is 11.9. The molecule has 0 fully saturated rings. The van der Waals surface area contributed by atoms with Gasteiger partial charge in [-0.25, -0.2) is 0 Å². The van der Waals surface area contributed by atoms with Gasteiger partial charge in [-0.3, -0.25) is 0 Å². The summed E-state index contributed by atoms with van der Waals surface area (Å²) < 4.78 is 6.52. The maximum absolute atomic E-state index is 6.52. The Hall–Kier alpha value is -8.72. The highest BCUT2D eigenvalue weighted by molar-refractivity contribution is 6.38. The molecule has 13 aromatic carbocycles. The summed E-state index contributed by atoms with van der Waals surface area (Å²) in [5.74, 6) is 0. The minimum Gasteiger partial charge on any atom is -0.455 e. The van der Waals surface area contributed by atoms with Crippen molar-refractivity contribution < 1.29 is 4.42 Å². The average Bonchev–Trinajstić information content (AvgIpc) is 3.77. The van der Waals surface area contributed by atoms with E-state index >= 15 is 0 Å². The second-order valence-electron chi connectivity index (χ2n) is 17.6. The van der Waals surface area contributed by atoms with Crippen LogP contribution >= 0.6 is 0 Å². The quantitative estimate of drug-likeness (QED) is 0.155. The highest BCUT2D eigenvalue weighted by atomic mass is 16.3. The minimum absolute atomic E-state index is 0.903. The van der Waals surface area contributed by atoms with Crippen molar-refractivity contribution in [3.63, 3.8) is 0 Å². The molecule has 0 aliphatic carbocycles. The summed E-state index contributed by atoms with van der Waals surface area (Å²) in [5, 5.41) is 17.4. The molecule has 1 aromatic heterocycles. The highest BCUT2D eigenvalue weighted by Crippen LogP contribution is 2.49. The Labute approximate surface area is 381 Å². The molecule has 0 atom stereocenters. The Morgan fingerprint density at radius 1 is 0.273 bits per heavy atom. The molecule has 14 aromatic rings. The van der Waals surface area contributed by atoms with Crippen LogP contribution in [0, 0.1) is 0 Å². The fourth-order valence-electron chi connectivity index (χ4n) is 10.9. The number of anilines is 3. The molecule has 2 nitrogen and oxygen atoms in total. The number of fused-ring (bicyclic) bond motifs is 5. The van der Waals surface area contributed by atoms with Gasteiger partial charge in [0.1, 0.15) is 11.2 Å². The van der Waals surface area contributed by atoms with Crippen LogP contribution in [0.3, 0.4) is 0 Å². The van der Waals surface area contributed by atoms with E-state index in [0.717, 1.165) is 50.1 Å². The lowest BCUT2D eigenvalue weighted by Crippen LogP contribution is -2.10. The summed E-state index contributed by atoms with van der Waals surface area (Å²) in [4.78, 5) is 2.45. The topological polar surface area (TPSA) is 16.4 Å². The third-order valence-corrected chi connectivity index (χ3v) is 14.0. The molecule has 0 spiro atoms. The second-order valence-corrected chi connectivity index (χ2v) is 17.6. The van der Waals surface area contributed by atoms with Crippen LogP contribution in [-0.2, 0) is 0 Å². The molecule has 2 heteroatoms. The first kappa shape index (κ1) is 36.7. The third-order valence-electron chi connectivity index (χ3n) is 14.0. The largest absolute Gasteiger partial charge is 0.455 e. The Morgan fingerprint density at radius 3 is 1.35 bits per heavy atom. The van der Waals surface area contributed by atoms with Gasteiger partial charge < -0.3 is 9.32 Å². The summed E-state index contributed by atoms with van der Waals surface area (Å²) in [6, 6.07) is 86.7. The lowest BCUT2D eigenvalue weighted by molar-refractivity contribution is 0.670. The number of hydrogen-bond donors (Lipinski definition) is 0. The summed E-state index contributed by atoms with van der Waals surface area (Å²) in [7, 11) is 0. The van der Waals surface area contributed by atoms with Crippen LogP contribution in [0.5, 0.6) is 0 Å². The molecule has 0 unspecified atom stereocenters.